The number of halogens is 3. The normalized spacial score (nSPS) is 15.4. The van der Waals surface area contributed by atoms with Gasteiger partial charge in [0, 0.05) is 6.04 Å². The molecule has 0 aliphatic rings. The van der Waals surface area contributed by atoms with E-state index in [0.29, 0.717) is 0 Å². The van der Waals surface area contributed by atoms with Crippen molar-refractivity contribution in [2.45, 2.75) is 39.9 Å². The highest BCUT2D eigenvalue weighted by molar-refractivity contribution is 4.79. The second-order valence-corrected chi connectivity index (χ2v) is 4.61. The van der Waals surface area contributed by atoms with Crippen LogP contribution in [0, 0.1) is 5.41 Å². The van der Waals surface area contributed by atoms with Gasteiger partial charge in [-0.05, 0) is 12.0 Å². The van der Waals surface area contributed by atoms with Gasteiger partial charge in [-0.2, -0.15) is 13.2 Å². The second-order valence-electron chi connectivity index (χ2n) is 4.61. The van der Waals surface area contributed by atoms with Gasteiger partial charge in [-0.15, -0.1) is 0 Å². The predicted molar refractivity (Wildman–Crippen MR) is 53.8 cm³/mol. The van der Waals surface area contributed by atoms with Gasteiger partial charge in [-0.1, -0.05) is 27.7 Å². The van der Waals surface area contributed by atoms with E-state index in [-0.39, 0.29) is 18.1 Å². The average molecular weight is 227 g/mol. The fourth-order valence-corrected chi connectivity index (χ4v) is 1.15. The molecule has 0 aliphatic heterocycles. The Kier molecular flexibility index (Phi) is 5.59. The molecule has 0 fully saturated rings. The van der Waals surface area contributed by atoms with Crippen LogP contribution in [0.1, 0.15) is 27.7 Å². The largest absolute Gasteiger partial charge is 0.411 e. The summed E-state index contributed by atoms with van der Waals surface area (Å²) < 4.78 is 40.2. The smallest absolute Gasteiger partial charge is 0.370 e. The zero-order valence-electron chi connectivity index (χ0n) is 9.74. The van der Waals surface area contributed by atoms with E-state index in [1.165, 1.54) is 0 Å². The lowest BCUT2D eigenvalue weighted by molar-refractivity contribution is -0.176. The number of nitrogens with one attached hydrogen (secondary N) is 1. The van der Waals surface area contributed by atoms with Gasteiger partial charge < -0.3 is 10.1 Å². The van der Waals surface area contributed by atoms with Crippen molar-refractivity contribution in [2.75, 3.05) is 19.8 Å². The number of hydrogen-bond donors (Lipinski definition) is 1. The van der Waals surface area contributed by atoms with Gasteiger partial charge in [-0.25, -0.2) is 0 Å². The zero-order valence-corrected chi connectivity index (χ0v) is 9.74. The van der Waals surface area contributed by atoms with Crippen molar-refractivity contribution in [2.24, 2.45) is 5.41 Å². The van der Waals surface area contributed by atoms with Crippen molar-refractivity contribution in [3.8, 4) is 0 Å². The van der Waals surface area contributed by atoms with E-state index < -0.39 is 12.8 Å². The summed E-state index contributed by atoms with van der Waals surface area (Å²) in [6.45, 7) is 7.45. The van der Waals surface area contributed by atoms with Gasteiger partial charge in [0.1, 0.15) is 6.61 Å². The number of hydrogen-bond acceptors (Lipinski definition) is 2. The monoisotopic (exact) mass is 227 g/mol. The molecule has 92 valence electrons. The molecule has 5 heteroatoms. The summed E-state index contributed by atoms with van der Waals surface area (Å²) in [5.74, 6) is 0. The van der Waals surface area contributed by atoms with Crippen molar-refractivity contribution < 1.29 is 17.9 Å². The van der Waals surface area contributed by atoms with Crippen LogP contribution in [0.3, 0.4) is 0 Å². The highest BCUT2D eigenvalue weighted by Crippen LogP contribution is 2.21. The molecule has 0 saturated carbocycles. The van der Waals surface area contributed by atoms with Gasteiger partial charge in [-0.3, -0.25) is 0 Å². The number of ether oxygens (including phenoxy) is 1. The first-order valence-corrected chi connectivity index (χ1v) is 5.04. The summed E-state index contributed by atoms with van der Waals surface area (Å²) in [6.07, 6.45) is -4.24. The minimum absolute atomic E-state index is 0.0650. The summed E-state index contributed by atoms with van der Waals surface area (Å²) in [6, 6.07) is -0.0650. The molecule has 0 aromatic rings. The second kappa shape index (κ2) is 5.70. The molecule has 0 bridgehead atoms. The van der Waals surface area contributed by atoms with E-state index >= 15 is 0 Å². The van der Waals surface area contributed by atoms with Crippen molar-refractivity contribution in [3.63, 3.8) is 0 Å². The fraction of sp³-hybridized carbons (Fsp3) is 1.00. The van der Waals surface area contributed by atoms with E-state index in [4.69, 9.17) is 0 Å². The van der Waals surface area contributed by atoms with Crippen molar-refractivity contribution in [1.82, 2.24) is 5.32 Å². The number of likely N-dealkylation sites (N-methyl/N-ethyl adjacent to an activating group) is 1. The third-order valence-electron chi connectivity index (χ3n) is 2.05. The van der Waals surface area contributed by atoms with E-state index in [9.17, 15) is 13.2 Å². The van der Waals surface area contributed by atoms with E-state index in [2.05, 4.69) is 10.1 Å². The summed E-state index contributed by atoms with van der Waals surface area (Å²) >= 11 is 0. The first-order chi connectivity index (χ1) is 6.67. The Morgan fingerprint density at radius 3 is 2.07 bits per heavy atom. The predicted octanol–water partition coefficient (Wildman–Crippen LogP) is 2.59. The van der Waals surface area contributed by atoms with Gasteiger partial charge in [0.25, 0.3) is 0 Å². The topological polar surface area (TPSA) is 21.3 Å². The molecule has 1 N–H and O–H groups in total. The molecular weight excluding hydrogens is 207 g/mol. The molecule has 15 heavy (non-hydrogen) atoms. The molecule has 0 rings (SSSR count). The lowest BCUT2D eigenvalue weighted by Crippen LogP contribution is -2.44. The van der Waals surface area contributed by atoms with E-state index in [1.807, 2.05) is 27.7 Å². The van der Waals surface area contributed by atoms with Crippen LogP contribution in [-0.4, -0.2) is 32.0 Å². The molecular formula is C10H20F3NO. The third-order valence-corrected chi connectivity index (χ3v) is 2.05. The zero-order chi connectivity index (χ0) is 12.1. The SMILES string of the molecule is CCNC(COCC(F)(F)F)C(C)(C)C. The number of rotatable bonds is 5. The van der Waals surface area contributed by atoms with Crippen LogP contribution < -0.4 is 5.32 Å². The Labute approximate surface area is 89.2 Å². The molecule has 1 atom stereocenters. The molecule has 0 radical (unpaired) electrons. The molecule has 0 saturated heterocycles. The summed E-state index contributed by atoms with van der Waals surface area (Å²) in [7, 11) is 0. The highest BCUT2D eigenvalue weighted by atomic mass is 19.4. The molecule has 2 nitrogen and oxygen atoms in total. The van der Waals surface area contributed by atoms with Gasteiger partial charge >= 0.3 is 6.18 Å². The van der Waals surface area contributed by atoms with Crippen LogP contribution in [0.25, 0.3) is 0 Å². The summed E-state index contributed by atoms with van der Waals surface area (Å²) in [4.78, 5) is 0. The lowest BCUT2D eigenvalue weighted by Gasteiger charge is -2.31. The Morgan fingerprint density at radius 2 is 1.73 bits per heavy atom. The van der Waals surface area contributed by atoms with Crippen LogP contribution >= 0.6 is 0 Å². The molecule has 0 amide bonds. The Hall–Kier alpha value is -0.290. The third kappa shape index (κ3) is 7.62. The van der Waals surface area contributed by atoms with Crippen LogP contribution in [0.5, 0.6) is 0 Å². The first-order valence-electron chi connectivity index (χ1n) is 5.04. The van der Waals surface area contributed by atoms with Crippen molar-refractivity contribution >= 4 is 0 Å². The van der Waals surface area contributed by atoms with E-state index in [0.717, 1.165) is 6.54 Å². The standard InChI is InChI=1S/C10H20F3NO/c1-5-14-8(9(2,3)4)6-15-7-10(11,12)13/h8,14H,5-7H2,1-4H3. The molecule has 0 aromatic heterocycles. The van der Waals surface area contributed by atoms with Crippen LogP contribution in [0.4, 0.5) is 13.2 Å². The minimum atomic E-state index is -4.24. The molecule has 0 heterocycles. The molecule has 0 spiro atoms. The van der Waals surface area contributed by atoms with Crippen LogP contribution in [-0.2, 0) is 4.74 Å². The van der Waals surface area contributed by atoms with Crippen molar-refractivity contribution in [3.05, 3.63) is 0 Å². The van der Waals surface area contributed by atoms with Crippen LogP contribution in [0.2, 0.25) is 0 Å². The van der Waals surface area contributed by atoms with Crippen molar-refractivity contribution in [1.29, 1.82) is 0 Å². The Morgan fingerprint density at radius 1 is 1.20 bits per heavy atom. The lowest BCUT2D eigenvalue weighted by atomic mass is 9.87. The highest BCUT2D eigenvalue weighted by Gasteiger charge is 2.30. The Balaban J connectivity index is 3.98. The maximum Gasteiger partial charge on any atom is 0.411 e. The molecule has 0 aromatic carbocycles. The fourth-order valence-electron chi connectivity index (χ4n) is 1.15. The van der Waals surface area contributed by atoms with Gasteiger partial charge in [0.05, 0.1) is 6.61 Å². The average Bonchev–Trinajstić information content (AvgIpc) is 1.98. The minimum Gasteiger partial charge on any atom is -0.370 e. The quantitative estimate of drug-likeness (QED) is 0.779. The van der Waals surface area contributed by atoms with E-state index in [1.54, 1.807) is 0 Å². The van der Waals surface area contributed by atoms with Crippen LogP contribution in [0.15, 0.2) is 0 Å². The molecule has 1 unspecified atom stereocenters. The first kappa shape index (κ1) is 14.7. The maximum absolute atomic E-state index is 11.8. The molecule has 0 aliphatic carbocycles. The van der Waals surface area contributed by atoms with Gasteiger partial charge in [0.15, 0.2) is 0 Å². The summed E-state index contributed by atoms with van der Waals surface area (Å²) in [5, 5.41) is 3.12. The Bertz CT molecular complexity index is 174. The van der Waals surface area contributed by atoms with Gasteiger partial charge in [0.2, 0.25) is 0 Å². The summed E-state index contributed by atoms with van der Waals surface area (Å²) in [5.41, 5.74) is -0.110. The number of alkyl halides is 3. The maximum atomic E-state index is 11.8.